The van der Waals surface area contributed by atoms with E-state index in [1.807, 2.05) is 25.1 Å². The molecule has 1 aliphatic rings. The van der Waals surface area contributed by atoms with Crippen LogP contribution in [0.5, 0.6) is 5.75 Å². The minimum atomic E-state index is -1.05. The number of fused-ring (bicyclic) bond motifs is 1. The highest BCUT2D eigenvalue weighted by molar-refractivity contribution is 9.10. The molecule has 3 nitrogen and oxygen atoms in total. The van der Waals surface area contributed by atoms with Gasteiger partial charge in [-0.15, -0.1) is 11.8 Å². The molecule has 1 atom stereocenters. The van der Waals surface area contributed by atoms with E-state index in [1.54, 1.807) is 18.2 Å². The van der Waals surface area contributed by atoms with Crippen molar-refractivity contribution in [2.24, 2.45) is 0 Å². The molecule has 0 radical (unpaired) electrons. The second kappa shape index (κ2) is 6.48. The monoisotopic (exact) mass is 412 g/mol. The summed E-state index contributed by atoms with van der Waals surface area (Å²) in [6.07, 6.45) is 0. The minimum absolute atomic E-state index is 0.123. The van der Waals surface area contributed by atoms with Crippen molar-refractivity contribution in [1.82, 2.24) is 0 Å². The molecule has 2 aromatic rings. The summed E-state index contributed by atoms with van der Waals surface area (Å²) in [4.78, 5) is 13.9. The number of hydrogen-bond donors (Lipinski definition) is 1. The predicted molar refractivity (Wildman–Crippen MR) is 95.8 cm³/mol. The van der Waals surface area contributed by atoms with Crippen LogP contribution in [0.3, 0.4) is 0 Å². The van der Waals surface area contributed by atoms with Crippen molar-refractivity contribution < 1.29 is 14.6 Å². The fourth-order valence-electron chi connectivity index (χ4n) is 2.41. The number of carbonyl (C=O) groups is 1. The third-order valence-electron chi connectivity index (χ3n) is 3.76. The third kappa shape index (κ3) is 3.15. The second-order valence-electron chi connectivity index (χ2n) is 5.42. The van der Waals surface area contributed by atoms with Crippen molar-refractivity contribution in [3.63, 3.8) is 0 Å². The highest BCUT2D eigenvalue weighted by Crippen LogP contribution is 2.42. The Morgan fingerprint density at radius 1 is 1.35 bits per heavy atom. The zero-order valence-corrected chi connectivity index (χ0v) is 15.5. The largest absolute Gasteiger partial charge is 0.491 e. The van der Waals surface area contributed by atoms with E-state index in [1.165, 1.54) is 11.8 Å². The molecule has 0 spiro atoms. The summed E-state index contributed by atoms with van der Waals surface area (Å²) < 4.78 is 5.58. The number of Topliss-reactive ketones (excluding diaryl/α,β-unsaturated/α-hetero) is 1. The molecule has 6 heteroatoms. The Kier molecular flexibility index (Phi) is 4.74. The number of halogens is 2. The van der Waals surface area contributed by atoms with E-state index < -0.39 is 4.75 Å². The summed E-state index contributed by atoms with van der Waals surface area (Å²) in [6.45, 7) is 1.77. The lowest BCUT2D eigenvalue weighted by Crippen LogP contribution is -2.47. The zero-order valence-electron chi connectivity index (χ0n) is 12.3. The summed E-state index contributed by atoms with van der Waals surface area (Å²) in [5.41, 5.74) is 1.49. The summed E-state index contributed by atoms with van der Waals surface area (Å²) in [6, 6.07) is 10.8. The number of aliphatic hydroxyl groups is 1. The quantitative estimate of drug-likeness (QED) is 0.804. The zero-order chi connectivity index (χ0) is 16.6. The molecule has 3 rings (SSSR count). The van der Waals surface area contributed by atoms with Crippen molar-refractivity contribution in [1.29, 1.82) is 0 Å². The number of ether oxygens (including phenoxy) is 1. The van der Waals surface area contributed by atoms with Gasteiger partial charge >= 0.3 is 0 Å². The Hall–Kier alpha value is -1.01. The van der Waals surface area contributed by atoms with Gasteiger partial charge in [-0.1, -0.05) is 27.5 Å². The number of aliphatic hydroxyl groups excluding tert-OH is 1. The van der Waals surface area contributed by atoms with Crippen LogP contribution in [0.2, 0.25) is 5.02 Å². The first-order valence-corrected chi connectivity index (χ1v) is 8.97. The summed E-state index contributed by atoms with van der Waals surface area (Å²) in [5.74, 6) is 0.443. The van der Waals surface area contributed by atoms with Crippen LogP contribution in [-0.4, -0.2) is 28.9 Å². The van der Waals surface area contributed by atoms with Crippen molar-refractivity contribution in [2.45, 2.75) is 16.6 Å². The molecule has 0 aromatic heterocycles. The SMILES string of the molecule is Cc1cc2c(cc1Br)C(=O)[C@@](CO)(Sc1ccc(Cl)cc1)CO2. The lowest BCUT2D eigenvalue weighted by atomic mass is 9.94. The van der Waals surface area contributed by atoms with E-state index in [0.717, 1.165) is 14.9 Å². The van der Waals surface area contributed by atoms with Gasteiger partial charge in [-0.05, 0) is 48.9 Å². The lowest BCUT2D eigenvalue weighted by Gasteiger charge is -2.34. The molecule has 1 N–H and O–H groups in total. The Balaban J connectivity index is 1.98. The molecule has 2 aromatic carbocycles. The molecule has 23 heavy (non-hydrogen) atoms. The van der Waals surface area contributed by atoms with Crippen molar-refractivity contribution >= 4 is 45.1 Å². The number of benzene rings is 2. The van der Waals surface area contributed by atoms with Gasteiger partial charge < -0.3 is 9.84 Å². The lowest BCUT2D eigenvalue weighted by molar-refractivity contribution is 0.0797. The highest BCUT2D eigenvalue weighted by Gasteiger charge is 2.45. The number of aryl methyl sites for hydroxylation is 1. The van der Waals surface area contributed by atoms with Gasteiger partial charge in [0.05, 0.1) is 12.2 Å². The van der Waals surface area contributed by atoms with Gasteiger partial charge in [-0.25, -0.2) is 0 Å². The molecular formula is C17H14BrClO3S. The molecule has 0 saturated carbocycles. The molecule has 0 fully saturated rings. The first-order valence-electron chi connectivity index (χ1n) is 6.98. The number of carbonyl (C=O) groups excluding carboxylic acids is 1. The third-order valence-corrected chi connectivity index (χ3v) is 6.20. The van der Waals surface area contributed by atoms with Crippen LogP contribution in [0.25, 0.3) is 0 Å². The van der Waals surface area contributed by atoms with Gasteiger partial charge in [0, 0.05) is 14.4 Å². The van der Waals surface area contributed by atoms with Crippen LogP contribution in [0, 0.1) is 6.92 Å². The summed E-state index contributed by atoms with van der Waals surface area (Å²) >= 11 is 10.6. The molecule has 1 heterocycles. The van der Waals surface area contributed by atoms with Gasteiger partial charge in [-0.3, -0.25) is 4.79 Å². The molecule has 0 aliphatic carbocycles. The fraction of sp³-hybridized carbons (Fsp3) is 0.235. The topological polar surface area (TPSA) is 46.5 Å². The maximum absolute atomic E-state index is 13.0. The Morgan fingerprint density at radius 2 is 2.04 bits per heavy atom. The molecule has 0 saturated heterocycles. The van der Waals surface area contributed by atoms with Crippen molar-refractivity contribution in [3.05, 3.63) is 57.0 Å². The van der Waals surface area contributed by atoms with E-state index >= 15 is 0 Å². The average molecular weight is 414 g/mol. The van der Waals surface area contributed by atoms with E-state index in [-0.39, 0.29) is 19.0 Å². The minimum Gasteiger partial charge on any atom is -0.491 e. The van der Waals surface area contributed by atoms with E-state index in [2.05, 4.69) is 15.9 Å². The van der Waals surface area contributed by atoms with Gasteiger partial charge in [0.1, 0.15) is 17.1 Å². The molecule has 0 amide bonds. The first kappa shape index (κ1) is 16.8. The van der Waals surface area contributed by atoms with Crippen LogP contribution in [-0.2, 0) is 0 Å². The van der Waals surface area contributed by atoms with E-state index in [9.17, 15) is 9.90 Å². The second-order valence-corrected chi connectivity index (χ2v) is 8.17. The number of thioether (sulfide) groups is 1. The van der Waals surface area contributed by atoms with Gasteiger partial charge in [0.15, 0.2) is 5.78 Å². The van der Waals surface area contributed by atoms with Crippen LogP contribution < -0.4 is 4.74 Å². The van der Waals surface area contributed by atoms with Gasteiger partial charge in [0.2, 0.25) is 0 Å². The van der Waals surface area contributed by atoms with Crippen molar-refractivity contribution in [3.8, 4) is 5.75 Å². The van der Waals surface area contributed by atoms with Gasteiger partial charge in [-0.2, -0.15) is 0 Å². The van der Waals surface area contributed by atoms with E-state index in [0.29, 0.717) is 16.3 Å². The van der Waals surface area contributed by atoms with Gasteiger partial charge in [0.25, 0.3) is 0 Å². The summed E-state index contributed by atoms with van der Waals surface area (Å²) in [7, 11) is 0. The number of rotatable bonds is 3. The smallest absolute Gasteiger partial charge is 0.188 e. The Labute approximate surface area is 152 Å². The van der Waals surface area contributed by atoms with Crippen LogP contribution in [0.4, 0.5) is 0 Å². The average Bonchev–Trinajstić information content (AvgIpc) is 2.54. The summed E-state index contributed by atoms with van der Waals surface area (Å²) in [5, 5.41) is 10.5. The predicted octanol–water partition coefficient (Wildman–Crippen LogP) is 4.51. The Morgan fingerprint density at radius 3 is 2.70 bits per heavy atom. The number of hydrogen-bond acceptors (Lipinski definition) is 4. The molecule has 1 aliphatic heterocycles. The van der Waals surface area contributed by atoms with Crippen LogP contribution in [0.1, 0.15) is 15.9 Å². The maximum Gasteiger partial charge on any atom is 0.188 e. The molecular weight excluding hydrogens is 400 g/mol. The molecule has 120 valence electrons. The van der Waals surface area contributed by atoms with Crippen LogP contribution in [0.15, 0.2) is 45.8 Å². The van der Waals surface area contributed by atoms with Crippen LogP contribution >= 0.6 is 39.3 Å². The first-order chi connectivity index (χ1) is 10.9. The molecule has 0 unspecified atom stereocenters. The fourth-order valence-corrected chi connectivity index (χ4v) is 3.99. The normalized spacial score (nSPS) is 20.1. The highest BCUT2D eigenvalue weighted by atomic mass is 79.9. The van der Waals surface area contributed by atoms with Crippen molar-refractivity contribution in [2.75, 3.05) is 13.2 Å². The van der Waals surface area contributed by atoms with E-state index in [4.69, 9.17) is 16.3 Å². The maximum atomic E-state index is 13.0. The Bertz CT molecular complexity index is 763. The standard InChI is InChI=1S/C17H14BrClO3S/c1-10-6-15-13(7-14(10)18)16(21)17(8-20,9-22-15)23-12-4-2-11(19)3-5-12/h2-7,20H,8-9H2,1H3/t17-/m0/s1. The number of ketones is 1. The molecule has 0 bridgehead atoms.